The van der Waals surface area contributed by atoms with Gasteiger partial charge in [0.15, 0.2) is 0 Å². The standard InChI is InChI=1S/C12H21N5/c1-12(4-7-17(2)8-5-12)9-15-10-3-6-14-11(13)16-10/h3,6H,4-5,7-9H2,1-2H3,(H3,13,14,15,16). The summed E-state index contributed by atoms with van der Waals surface area (Å²) in [7, 11) is 2.18. The van der Waals surface area contributed by atoms with Gasteiger partial charge in [-0.3, -0.25) is 0 Å². The van der Waals surface area contributed by atoms with E-state index in [1.165, 1.54) is 25.9 Å². The summed E-state index contributed by atoms with van der Waals surface area (Å²) in [6.07, 6.45) is 4.12. The summed E-state index contributed by atoms with van der Waals surface area (Å²) in [5.74, 6) is 1.14. The van der Waals surface area contributed by atoms with Crippen molar-refractivity contribution < 1.29 is 0 Å². The summed E-state index contributed by atoms with van der Waals surface area (Å²) in [6.45, 7) is 5.61. The number of nitrogens with two attached hydrogens (primary N) is 1. The highest BCUT2D eigenvalue weighted by molar-refractivity contribution is 5.37. The highest BCUT2D eigenvalue weighted by Crippen LogP contribution is 2.30. The predicted molar refractivity (Wildman–Crippen MR) is 69.8 cm³/mol. The summed E-state index contributed by atoms with van der Waals surface area (Å²) in [5.41, 5.74) is 5.90. The van der Waals surface area contributed by atoms with Gasteiger partial charge in [-0.1, -0.05) is 6.92 Å². The smallest absolute Gasteiger partial charge is 0.221 e. The van der Waals surface area contributed by atoms with Crippen LogP contribution in [0.4, 0.5) is 11.8 Å². The molecule has 0 unspecified atom stereocenters. The quantitative estimate of drug-likeness (QED) is 0.824. The van der Waals surface area contributed by atoms with Crippen LogP contribution in [0.1, 0.15) is 19.8 Å². The van der Waals surface area contributed by atoms with E-state index in [0.29, 0.717) is 11.4 Å². The molecule has 94 valence electrons. The number of piperidine rings is 1. The molecule has 0 amide bonds. The second-order valence-electron chi connectivity index (χ2n) is 5.27. The zero-order valence-corrected chi connectivity index (χ0v) is 10.6. The van der Waals surface area contributed by atoms with Crippen LogP contribution in [0, 0.1) is 5.41 Å². The van der Waals surface area contributed by atoms with Gasteiger partial charge >= 0.3 is 0 Å². The Hall–Kier alpha value is -1.36. The minimum absolute atomic E-state index is 0.323. The molecule has 0 aromatic carbocycles. The van der Waals surface area contributed by atoms with Gasteiger partial charge < -0.3 is 16.0 Å². The second-order valence-corrected chi connectivity index (χ2v) is 5.27. The minimum Gasteiger partial charge on any atom is -0.369 e. The van der Waals surface area contributed by atoms with Crippen LogP contribution in [-0.2, 0) is 0 Å². The predicted octanol–water partition coefficient (Wildman–Crippen LogP) is 1.20. The third kappa shape index (κ3) is 3.30. The number of rotatable bonds is 3. The molecule has 1 aromatic rings. The van der Waals surface area contributed by atoms with Gasteiger partial charge in [0.05, 0.1) is 0 Å². The number of nitrogens with one attached hydrogen (secondary N) is 1. The van der Waals surface area contributed by atoms with E-state index in [0.717, 1.165) is 12.4 Å². The van der Waals surface area contributed by atoms with Gasteiger partial charge in [-0.05, 0) is 44.5 Å². The Labute approximate surface area is 102 Å². The lowest BCUT2D eigenvalue weighted by atomic mass is 9.80. The van der Waals surface area contributed by atoms with Gasteiger partial charge in [0.25, 0.3) is 0 Å². The van der Waals surface area contributed by atoms with Crippen molar-refractivity contribution in [3.05, 3.63) is 12.3 Å². The van der Waals surface area contributed by atoms with Crippen molar-refractivity contribution >= 4 is 11.8 Å². The third-order valence-electron chi connectivity index (χ3n) is 3.56. The molecular formula is C12H21N5. The maximum atomic E-state index is 5.55. The van der Waals surface area contributed by atoms with Gasteiger partial charge in [-0.2, -0.15) is 4.98 Å². The molecule has 5 heteroatoms. The van der Waals surface area contributed by atoms with Crippen LogP contribution in [0.15, 0.2) is 12.3 Å². The number of likely N-dealkylation sites (tertiary alicyclic amines) is 1. The molecule has 1 fully saturated rings. The Morgan fingerprint density at radius 2 is 2.18 bits per heavy atom. The maximum Gasteiger partial charge on any atom is 0.221 e. The molecule has 0 radical (unpaired) electrons. The molecule has 1 aliphatic rings. The van der Waals surface area contributed by atoms with E-state index in [2.05, 4.69) is 34.2 Å². The number of hydrogen-bond donors (Lipinski definition) is 2. The van der Waals surface area contributed by atoms with E-state index in [9.17, 15) is 0 Å². The lowest BCUT2D eigenvalue weighted by molar-refractivity contribution is 0.150. The second kappa shape index (κ2) is 4.87. The number of nitrogen functional groups attached to an aromatic ring is 1. The highest BCUT2D eigenvalue weighted by atomic mass is 15.1. The summed E-state index contributed by atoms with van der Waals surface area (Å²) in [6, 6.07) is 1.86. The lowest BCUT2D eigenvalue weighted by Crippen LogP contribution is -2.40. The van der Waals surface area contributed by atoms with E-state index in [1.807, 2.05) is 6.07 Å². The van der Waals surface area contributed by atoms with Crippen LogP contribution < -0.4 is 11.1 Å². The summed E-state index contributed by atoms with van der Waals surface area (Å²) in [4.78, 5) is 10.4. The monoisotopic (exact) mass is 235 g/mol. The first-order valence-corrected chi connectivity index (χ1v) is 6.08. The Kier molecular flexibility index (Phi) is 3.47. The molecule has 0 aliphatic carbocycles. The van der Waals surface area contributed by atoms with Crippen molar-refractivity contribution in [2.24, 2.45) is 5.41 Å². The van der Waals surface area contributed by atoms with Crippen LogP contribution in [0.2, 0.25) is 0 Å². The molecule has 2 rings (SSSR count). The third-order valence-corrected chi connectivity index (χ3v) is 3.56. The molecule has 0 saturated carbocycles. The molecular weight excluding hydrogens is 214 g/mol. The SMILES string of the molecule is CN1CCC(C)(CNc2ccnc(N)n2)CC1. The Balaban J connectivity index is 1.89. The van der Waals surface area contributed by atoms with E-state index >= 15 is 0 Å². The van der Waals surface area contributed by atoms with Crippen molar-refractivity contribution in [3.8, 4) is 0 Å². The van der Waals surface area contributed by atoms with Crippen LogP contribution in [0.5, 0.6) is 0 Å². The van der Waals surface area contributed by atoms with Crippen LogP contribution in [-0.4, -0.2) is 41.5 Å². The summed E-state index contributed by atoms with van der Waals surface area (Å²) < 4.78 is 0. The average Bonchev–Trinajstić information content (AvgIpc) is 2.31. The molecule has 1 aromatic heterocycles. The number of nitrogens with zero attached hydrogens (tertiary/aromatic N) is 3. The summed E-state index contributed by atoms with van der Waals surface area (Å²) in [5, 5.41) is 3.36. The van der Waals surface area contributed by atoms with Gasteiger partial charge in [0.1, 0.15) is 5.82 Å². The molecule has 5 nitrogen and oxygen atoms in total. The van der Waals surface area contributed by atoms with Crippen molar-refractivity contribution in [3.63, 3.8) is 0 Å². The zero-order chi connectivity index (χ0) is 12.3. The first kappa shape index (κ1) is 12.1. The topological polar surface area (TPSA) is 67.1 Å². The Morgan fingerprint density at radius 3 is 2.82 bits per heavy atom. The lowest BCUT2D eigenvalue weighted by Gasteiger charge is -2.38. The minimum atomic E-state index is 0.323. The van der Waals surface area contributed by atoms with E-state index < -0.39 is 0 Å². The molecule has 0 bridgehead atoms. The summed E-state index contributed by atoms with van der Waals surface area (Å²) >= 11 is 0. The van der Waals surface area contributed by atoms with Gasteiger partial charge in [-0.25, -0.2) is 4.98 Å². The first-order chi connectivity index (χ1) is 8.07. The molecule has 0 atom stereocenters. The van der Waals surface area contributed by atoms with Gasteiger partial charge in [0, 0.05) is 12.7 Å². The number of anilines is 2. The Morgan fingerprint density at radius 1 is 1.47 bits per heavy atom. The fourth-order valence-electron chi connectivity index (χ4n) is 2.11. The average molecular weight is 235 g/mol. The van der Waals surface area contributed by atoms with Crippen molar-refractivity contribution in [2.75, 3.05) is 37.7 Å². The molecule has 2 heterocycles. The number of hydrogen-bond acceptors (Lipinski definition) is 5. The molecule has 1 saturated heterocycles. The fraction of sp³-hybridized carbons (Fsp3) is 0.667. The fourth-order valence-corrected chi connectivity index (χ4v) is 2.11. The molecule has 3 N–H and O–H groups in total. The molecule has 17 heavy (non-hydrogen) atoms. The van der Waals surface area contributed by atoms with Gasteiger partial charge in [-0.15, -0.1) is 0 Å². The van der Waals surface area contributed by atoms with Crippen LogP contribution in [0.3, 0.4) is 0 Å². The first-order valence-electron chi connectivity index (χ1n) is 6.08. The Bertz CT molecular complexity index is 371. The number of aromatic nitrogens is 2. The van der Waals surface area contributed by atoms with Crippen LogP contribution >= 0.6 is 0 Å². The maximum absolute atomic E-state index is 5.55. The van der Waals surface area contributed by atoms with Gasteiger partial charge in [0.2, 0.25) is 5.95 Å². The normalized spacial score (nSPS) is 20.1. The largest absolute Gasteiger partial charge is 0.369 e. The van der Waals surface area contributed by atoms with Crippen molar-refractivity contribution in [1.29, 1.82) is 0 Å². The van der Waals surface area contributed by atoms with Crippen molar-refractivity contribution in [2.45, 2.75) is 19.8 Å². The van der Waals surface area contributed by atoms with E-state index in [-0.39, 0.29) is 0 Å². The zero-order valence-electron chi connectivity index (χ0n) is 10.6. The van der Waals surface area contributed by atoms with E-state index in [4.69, 9.17) is 5.73 Å². The molecule has 1 aliphatic heterocycles. The van der Waals surface area contributed by atoms with Crippen molar-refractivity contribution in [1.82, 2.24) is 14.9 Å². The van der Waals surface area contributed by atoms with Crippen LogP contribution in [0.25, 0.3) is 0 Å². The molecule has 0 spiro atoms. The highest BCUT2D eigenvalue weighted by Gasteiger charge is 2.28. The van der Waals surface area contributed by atoms with E-state index in [1.54, 1.807) is 6.20 Å².